The van der Waals surface area contributed by atoms with E-state index in [2.05, 4.69) is 0 Å². The van der Waals surface area contributed by atoms with Gasteiger partial charge < -0.3 is 9.47 Å². The summed E-state index contributed by atoms with van der Waals surface area (Å²) in [6.07, 6.45) is 0.0202. The lowest BCUT2D eigenvalue weighted by molar-refractivity contribution is -0.128. The van der Waals surface area contributed by atoms with E-state index in [1.54, 1.807) is 7.11 Å². The molecule has 1 rings (SSSR count). The van der Waals surface area contributed by atoms with Crippen molar-refractivity contribution in [1.29, 1.82) is 0 Å². The molecule has 0 aromatic heterocycles. The van der Waals surface area contributed by atoms with E-state index in [0.717, 1.165) is 11.3 Å². The predicted molar refractivity (Wildman–Crippen MR) is 62.7 cm³/mol. The third-order valence-electron chi connectivity index (χ3n) is 2.37. The second-order valence-corrected chi connectivity index (χ2v) is 3.44. The van der Waals surface area contributed by atoms with Gasteiger partial charge in [-0.2, -0.15) is 0 Å². The molecule has 1 aromatic rings. The van der Waals surface area contributed by atoms with E-state index in [4.69, 9.17) is 9.47 Å². The summed E-state index contributed by atoms with van der Waals surface area (Å²) < 4.78 is 10.5. The van der Waals surface area contributed by atoms with Crippen molar-refractivity contribution >= 4 is 5.78 Å². The Morgan fingerprint density at radius 2 is 1.88 bits per heavy atom. The maximum absolute atomic E-state index is 11.6. The van der Waals surface area contributed by atoms with Crippen LogP contribution in [0.2, 0.25) is 0 Å². The molecule has 0 spiro atoms. The van der Waals surface area contributed by atoms with Crippen molar-refractivity contribution in [2.45, 2.75) is 26.4 Å². The molecule has 0 bridgehead atoms. The number of hydrogen-bond donors (Lipinski definition) is 0. The number of methoxy groups -OCH3 is 1. The number of ketones is 1. The summed E-state index contributed by atoms with van der Waals surface area (Å²) in [7, 11) is 1.55. The fourth-order valence-corrected chi connectivity index (χ4v) is 1.54. The van der Waals surface area contributed by atoms with E-state index in [0.29, 0.717) is 13.0 Å². The molecule has 0 heterocycles. The first-order valence-electron chi connectivity index (χ1n) is 5.51. The molecular formula is C13H18O3. The molecule has 0 aliphatic rings. The summed E-state index contributed by atoms with van der Waals surface area (Å²) in [5.41, 5.74) is 0.873. The molecule has 0 amide bonds. The summed E-state index contributed by atoms with van der Waals surface area (Å²) in [5.74, 6) is 0.900. The number of carbonyl (C=O) groups is 1. The van der Waals surface area contributed by atoms with Crippen LogP contribution in [0.4, 0.5) is 0 Å². The van der Waals surface area contributed by atoms with Gasteiger partial charge in [-0.15, -0.1) is 0 Å². The summed E-state index contributed by atoms with van der Waals surface area (Å²) in [6, 6.07) is 7.45. The van der Waals surface area contributed by atoms with E-state index in [9.17, 15) is 4.79 Å². The Balaban J connectivity index is 2.82. The van der Waals surface area contributed by atoms with E-state index < -0.39 is 6.10 Å². The highest BCUT2D eigenvalue weighted by molar-refractivity contribution is 5.84. The number of rotatable bonds is 6. The molecule has 0 saturated heterocycles. The van der Waals surface area contributed by atoms with Crippen molar-refractivity contribution < 1.29 is 14.3 Å². The van der Waals surface area contributed by atoms with Crippen LogP contribution in [0.5, 0.6) is 5.75 Å². The van der Waals surface area contributed by atoms with Gasteiger partial charge in [0.25, 0.3) is 0 Å². The Bertz CT molecular complexity index is 330. The number of carbonyl (C=O) groups excluding carboxylic acids is 1. The minimum atomic E-state index is -0.458. The summed E-state index contributed by atoms with van der Waals surface area (Å²) in [6.45, 7) is 4.41. The van der Waals surface area contributed by atoms with E-state index in [-0.39, 0.29) is 5.78 Å². The molecule has 0 N–H and O–H groups in total. The van der Waals surface area contributed by atoms with Crippen LogP contribution in [0.1, 0.15) is 31.9 Å². The Labute approximate surface area is 96.4 Å². The zero-order chi connectivity index (χ0) is 12.0. The van der Waals surface area contributed by atoms with Crippen molar-refractivity contribution in [3.63, 3.8) is 0 Å². The predicted octanol–water partition coefficient (Wildman–Crippen LogP) is 2.75. The molecule has 0 aliphatic heterocycles. The zero-order valence-corrected chi connectivity index (χ0v) is 10.0. The van der Waals surface area contributed by atoms with Crippen molar-refractivity contribution in [2.24, 2.45) is 0 Å². The van der Waals surface area contributed by atoms with Crippen LogP contribution >= 0.6 is 0 Å². The third-order valence-corrected chi connectivity index (χ3v) is 2.37. The average molecular weight is 222 g/mol. The highest BCUT2D eigenvalue weighted by Crippen LogP contribution is 2.22. The van der Waals surface area contributed by atoms with Gasteiger partial charge in [0.05, 0.1) is 6.61 Å². The number of ether oxygens (including phenoxy) is 2. The van der Waals surface area contributed by atoms with Gasteiger partial charge in [0.1, 0.15) is 11.9 Å². The van der Waals surface area contributed by atoms with Crippen LogP contribution in [0.3, 0.4) is 0 Å². The first-order chi connectivity index (χ1) is 7.72. The molecule has 1 atom stereocenters. The first-order valence-corrected chi connectivity index (χ1v) is 5.51. The minimum absolute atomic E-state index is 0.0895. The molecular weight excluding hydrogens is 204 g/mol. The minimum Gasteiger partial charge on any atom is -0.494 e. The smallest absolute Gasteiger partial charge is 0.165 e. The topological polar surface area (TPSA) is 35.5 Å². The van der Waals surface area contributed by atoms with Crippen LogP contribution in [0.15, 0.2) is 24.3 Å². The van der Waals surface area contributed by atoms with E-state index in [1.165, 1.54) is 0 Å². The number of hydrogen-bond acceptors (Lipinski definition) is 3. The lowest BCUT2D eigenvalue weighted by Gasteiger charge is -2.14. The fourth-order valence-electron chi connectivity index (χ4n) is 1.54. The Morgan fingerprint density at radius 3 is 2.31 bits per heavy atom. The van der Waals surface area contributed by atoms with Gasteiger partial charge in [-0.05, 0) is 24.6 Å². The third kappa shape index (κ3) is 3.07. The molecule has 0 radical (unpaired) electrons. The van der Waals surface area contributed by atoms with Gasteiger partial charge in [0, 0.05) is 13.5 Å². The standard InChI is InChI=1S/C13H18O3/c1-4-12(14)13(15-3)10-6-8-11(9-7-10)16-5-2/h6-9,13H,4-5H2,1-3H3. The second kappa shape index (κ2) is 6.28. The lowest BCUT2D eigenvalue weighted by Crippen LogP contribution is -2.13. The largest absolute Gasteiger partial charge is 0.494 e. The fraction of sp³-hybridized carbons (Fsp3) is 0.462. The van der Waals surface area contributed by atoms with Crippen LogP contribution in [-0.4, -0.2) is 19.5 Å². The molecule has 3 heteroatoms. The Kier molecular flexibility index (Phi) is 4.99. The second-order valence-electron chi connectivity index (χ2n) is 3.44. The molecule has 3 nitrogen and oxygen atoms in total. The van der Waals surface area contributed by atoms with Gasteiger partial charge in [-0.1, -0.05) is 19.1 Å². The van der Waals surface area contributed by atoms with Crippen molar-refractivity contribution in [3.8, 4) is 5.75 Å². The molecule has 88 valence electrons. The van der Waals surface area contributed by atoms with E-state index >= 15 is 0 Å². The average Bonchev–Trinajstić information content (AvgIpc) is 2.32. The number of Topliss-reactive ketones (excluding diaryl/α,β-unsaturated/α-hetero) is 1. The normalized spacial score (nSPS) is 12.2. The molecule has 1 unspecified atom stereocenters. The van der Waals surface area contributed by atoms with Gasteiger partial charge in [0.2, 0.25) is 0 Å². The molecule has 0 aliphatic carbocycles. The van der Waals surface area contributed by atoms with Gasteiger partial charge in [0.15, 0.2) is 5.78 Å². The van der Waals surface area contributed by atoms with Crippen LogP contribution in [0.25, 0.3) is 0 Å². The van der Waals surface area contributed by atoms with Crippen molar-refractivity contribution in [2.75, 3.05) is 13.7 Å². The first kappa shape index (κ1) is 12.7. The summed E-state index contributed by atoms with van der Waals surface area (Å²) in [5, 5.41) is 0. The highest BCUT2D eigenvalue weighted by Gasteiger charge is 2.17. The molecule has 0 fully saturated rings. The van der Waals surface area contributed by atoms with Crippen LogP contribution in [-0.2, 0) is 9.53 Å². The quantitative estimate of drug-likeness (QED) is 0.742. The van der Waals surface area contributed by atoms with Crippen LogP contribution in [0, 0.1) is 0 Å². The van der Waals surface area contributed by atoms with Crippen molar-refractivity contribution in [1.82, 2.24) is 0 Å². The monoisotopic (exact) mass is 222 g/mol. The van der Waals surface area contributed by atoms with Crippen LogP contribution < -0.4 is 4.74 Å². The summed E-state index contributed by atoms with van der Waals surface area (Å²) in [4.78, 5) is 11.6. The number of benzene rings is 1. The SMILES string of the molecule is CCOc1ccc(C(OC)C(=O)CC)cc1. The van der Waals surface area contributed by atoms with Crippen molar-refractivity contribution in [3.05, 3.63) is 29.8 Å². The van der Waals surface area contributed by atoms with E-state index in [1.807, 2.05) is 38.1 Å². The highest BCUT2D eigenvalue weighted by atomic mass is 16.5. The van der Waals surface area contributed by atoms with Gasteiger partial charge >= 0.3 is 0 Å². The van der Waals surface area contributed by atoms with Gasteiger partial charge in [-0.25, -0.2) is 0 Å². The molecule has 1 aromatic carbocycles. The maximum atomic E-state index is 11.6. The lowest BCUT2D eigenvalue weighted by atomic mass is 10.0. The maximum Gasteiger partial charge on any atom is 0.165 e. The van der Waals surface area contributed by atoms with Gasteiger partial charge in [-0.3, -0.25) is 4.79 Å². The zero-order valence-electron chi connectivity index (χ0n) is 10.0. The molecule has 0 saturated carbocycles. The summed E-state index contributed by atoms with van der Waals surface area (Å²) >= 11 is 0. The Hall–Kier alpha value is -1.35. The Morgan fingerprint density at radius 1 is 1.25 bits per heavy atom. The molecule has 16 heavy (non-hydrogen) atoms.